The number of carbonyl (C=O) groups excluding carboxylic acids is 1. The molecule has 126 valence electrons. The lowest BCUT2D eigenvalue weighted by Gasteiger charge is -2.32. The molecule has 0 aliphatic carbocycles. The van der Waals surface area contributed by atoms with Gasteiger partial charge in [0.1, 0.15) is 5.69 Å². The van der Waals surface area contributed by atoms with Crippen LogP contribution in [0, 0.1) is 0 Å². The van der Waals surface area contributed by atoms with Gasteiger partial charge >= 0.3 is 0 Å². The van der Waals surface area contributed by atoms with E-state index in [9.17, 15) is 9.59 Å². The predicted octanol–water partition coefficient (Wildman–Crippen LogP) is 1.81. The van der Waals surface area contributed by atoms with Crippen molar-refractivity contribution in [3.05, 3.63) is 70.1 Å². The van der Waals surface area contributed by atoms with Crippen LogP contribution in [0.1, 0.15) is 28.9 Å². The number of aromatic nitrogens is 1. The Balaban J connectivity index is 1.43. The number of hydrogen-bond donors (Lipinski definition) is 2. The summed E-state index contributed by atoms with van der Waals surface area (Å²) < 4.78 is 0. The third-order valence-corrected chi connectivity index (χ3v) is 4.50. The van der Waals surface area contributed by atoms with E-state index in [4.69, 9.17) is 0 Å². The van der Waals surface area contributed by atoms with Gasteiger partial charge in [-0.2, -0.15) is 0 Å². The normalized spacial score (nSPS) is 16.0. The molecule has 0 unspecified atom stereocenters. The van der Waals surface area contributed by atoms with Crippen LogP contribution in [0.2, 0.25) is 0 Å². The molecular weight excluding hydrogens is 302 g/mol. The Morgan fingerprint density at radius 2 is 1.83 bits per heavy atom. The maximum absolute atomic E-state index is 12.2. The number of carbonyl (C=O) groups is 1. The monoisotopic (exact) mass is 325 g/mol. The zero-order valence-corrected chi connectivity index (χ0v) is 13.7. The molecule has 1 amide bonds. The lowest BCUT2D eigenvalue weighted by atomic mass is 10.0. The van der Waals surface area contributed by atoms with E-state index < -0.39 is 0 Å². The Morgan fingerprint density at radius 3 is 2.54 bits per heavy atom. The first kappa shape index (κ1) is 16.5. The molecule has 0 saturated carbocycles. The van der Waals surface area contributed by atoms with Crippen molar-refractivity contribution in [3.63, 3.8) is 0 Å². The third kappa shape index (κ3) is 4.55. The summed E-state index contributed by atoms with van der Waals surface area (Å²) in [6.07, 6.45) is 2.94. The summed E-state index contributed by atoms with van der Waals surface area (Å²) in [4.78, 5) is 28.4. The molecule has 2 aromatic rings. The smallest absolute Gasteiger partial charge is 0.268 e. The minimum absolute atomic E-state index is 0.175. The van der Waals surface area contributed by atoms with Crippen LogP contribution in [-0.2, 0) is 6.42 Å². The molecule has 5 heteroatoms. The fourth-order valence-electron chi connectivity index (χ4n) is 3.08. The van der Waals surface area contributed by atoms with E-state index >= 15 is 0 Å². The van der Waals surface area contributed by atoms with Crippen LogP contribution < -0.4 is 10.9 Å². The summed E-state index contributed by atoms with van der Waals surface area (Å²) in [7, 11) is 0. The highest BCUT2D eigenvalue weighted by molar-refractivity contribution is 5.92. The highest BCUT2D eigenvalue weighted by atomic mass is 16.2. The molecule has 24 heavy (non-hydrogen) atoms. The Labute approximate surface area is 141 Å². The summed E-state index contributed by atoms with van der Waals surface area (Å²) in [6, 6.07) is 15.3. The van der Waals surface area contributed by atoms with Crippen molar-refractivity contribution in [2.45, 2.75) is 25.3 Å². The van der Waals surface area contributed by atoms with Gasteiger partial charge in [0.2, 0.25) is 5.56 Å². The molecular formula is C19H23N3O2. The van der Waals surface area contributed by atoms with Crippen LogP contribution in [-0.4, -0.2) is 41.5 Å². The second-order valence-electron chi connectivity index (χ2n) is 6.25. The van der Waals surface area contributed by atoms with Gasteiger partial charge < -0.3 is 15.2 Å². The van der Waals surface area contributed by atoms with E-state index in [2.05, 4.69) is 39.5 Å². The van der Waals surface area contributed by atoms with Gasteiger partial charge in [0.25, 0.3) is 5.91 Å². The Bertz CT molecular complexity index is 719. The van der Waals surface area contributed by atoms with E-state index in [1.165, 1.54) is 11.6 Å². The van der Waals surface area contributed by atoms with Gasteiger partial charge in [0, 0.05) is 31.7 Å². The summed E-state index contributed by atoms with van der Waals surface area (Å²) in [5.41, 5.74) is 1.44. The number of likely N-dealkylation sites (tertiary alicyclic amines) is 1. The molecule has 0 radical (unpaired) electrons. The van der Waals surface area contributed by atoms with Gasteiger partial charge in [-0.05, 0) is 30.9 Å². The summed E-state index contributed by atoms with van der Waals surface area (Å²) in [5.74, 6) is -0.199. The van der Waals surface area contributed by atoms with E-state index in [1.54, 1.807) is 12.1 Å². The molecule has 0 atom stereocenters. The highest BCUT2D eigenvalue weighted by Crippen LogP contribution is 2.12. The molecule has 1 aromatic carbocycles. The Hall–Kier alpha value is -2.40. The van der Waals surface area contributed by atoms with E-state index in [0.29, 0.717) is 5.69 Å². The molecule has 1 aliphatic rings. The molecule has 1 aromatic heterocycles. The molecule has 0 spiro atoms. The van der Waals surface area contributed by atoms with Gasteiger partial charge in [0.05, 0.1) is 0 Å². The number of benzene rings is 1. The molecule has 0 bridgehead atoms. The molecule has 5 nitrogen and oxygen atoms in total. The quantitative estimate of drug-likeness (QED) is 0.881. The number of rotatable bonds is 5. The molecule has 1 aliphatic heterocycles. The van der Waals surface area contributed by atoms with Gasteiger partial charge in [-0.1, -0.05) is 36.4 Å². The Morgan fingerprint density at radius 1 is 1.08 bits per heavy atom. The van der Waals surface area contributed by atoms with Crippen LogP contribution in [0.5, 0.6) is 0 Å². The zero-order valence-electron chi connectivity index (χ0n) is 13.7. The average Bonchev–Trinajstić information content (AvgIpc) is 2.62. The minimum atomic E-state index is -0.251. The van der Waals surface area contributed by atoms with Crippen molar-refractivity contribution in [1.29, 1.82) is 0 Å². The van der Waals surface area contributed by atoms with Crippen LogP contribution >= 0.6 is 0 Å². The minimum Gasteiger partial charge on any atom is -0.348 e. The fraction of sp³-hybridized carbons (Fsp3) is 0.368. The molecule has 1 fully saturated rings. The molecule has 2 heterocycles. The van der Waals surface area contributed by atoms with Crippen molar-refractivity contribution in [2.24, 2.45) is 0 Å². The van der Waals surface area contributed by atoms with E-state index in [0.717, 1.165) is 38.9 Å². The van der Waals surface area contributed by atoms with Gasteiger partial charge in [0.15, 0.2) is 0 Å². The Kier molecular flexibility index (Phi) is 5.43. The number of pyridine rings is 1. The van der Waals surface area contributed by atoms with Gasteiger partial charge in [-0.15, -0.1) is 0 Å². The summed E-state index contributed by atoms with van der Waals surface area (Å²) in [5, 5.41) is 3.02. The lowest BCUT2D eigenvalue weighted by molar-refractivity contribution is 0.0906. The second-order valence-corrected chi connectivity index (χ2v) is 6.25. The average molecular weight is 325 g/mol. The fourth-order valence-corrected chi connectivity index (χ4v) is 3.08. The van der Waals surface area contributed by atoms with E-state index in [1.807, 2.05) is 6.07 Å². The molecule has 1 saturated heterocycles. The maximum Gasteiger partial charge on any atom is 0.268 e. The number of aromatic amines is 1. The van der Waals surface area contributed by atoms with Gasteiger partial charge in [-0.25, -0.2) is 0 Å². The number of piperidine rings is 1. The standard InChI is InChI=1S/C19H23N3O2/c23-18-8-4-7-17(21-18)19(24)20-16-10-13-22(14-11-16)12-9-15-5-2-1-3-6-15/h1-8,16H,9-14H2,(H,20,24)(H,21,23). The second kappa shape index (κ2) is 7.93. The van der Waals surface area contributed by atoms with E-state index in [-0.39, 0.29) is 17.5 Å². The zero-order chi connectivity index (χ0) is 16.8. The van der Waals surface area contributed by atoms with Crippen LogP contribution in [0.4, 0.5) is 0 Å². The van der Waals surface area contributed by atoms with Crippen LogP contribution in [0.25, 0.3) is 0 Å². The maximum atomic E-state index is 12.2. The first-order valence-corrected chi connectivity index (χ1v) is 8.47. The number of H-pyrrole nitrogens is 1. The number of hydrogen-bond acceptors (Lipinski definition) is 3. The first-order chi connectivity index (χ1) is 11.7. The van der Waals surface area contributed by atoms with Crippen LogP contribution in [0.15, 0.2) is 53.3 Å². The highest BCUT2D eigenvalue weighted by Gasteiger charge is 2.21. The molecule has 2 N–H and O–H groups in total. The van der Waals surface area contributed by atoms with Crippen molar-refractivity contribution in [3.8, 4) is 0 Å². The van der Waals surface area contributed by atoms with Crippen molar-refractivity contribution >= 4 is 5.91 Å². The number of nitrogens with zero attached hydrogens (tertiary/aromatic N) is 1. The lowest BCUT2D eigenvalue weighted by Crippen LogP contribution is -2.45. The van der Waals surface area contributed by atoms with Crippen molar-refractivity contribution in [2.75, 3.05) is 19.6 Å². The third-order valence-electron chi connectivity index (χ3n) is 4.50. The first-order valence-electron chi connectivity index (χ1n) is 8.47. The summed E-state index contributed by atoms with van der Waals surface area (Å²) >= 11 is 0. The number of nitrogens with one attached hydrogen (secondary N) is 2. The SMILES string of the molecule is O=C(NC1CCN(CCc2ccccc2)CC1)c1cccc(=O)[nH]1. The summed E-state index contributed by atoms with van der Waals surface area (Å²) in [6.45, 7) is 3.03. The molecule has 3 rings (SSSR count). The van der Waals surface area contributed by atoms with Crippen molar-refractivity contribution < 1.29 is 4.79 Å². The topological polar surface area (TPSA) is 65.2 Å². The van der Waals surface area contributed by atoms with Crippen molar-refractivity contribution in [1.82, 2.24) is 15.2 Å². The largest absolute Gasteiger partial charge is 0.348 e. The number of amides is 1. The van der Waals surface area contributed by atoms with Gasteiger partial charge in [-0.3, -0.25) is 9.59 Å². The predicted molar refractivity (Wildman–Crippen MR) is 94.1 cm³/mol. The van der Waals surface area contributed by atoms with Crippen LogP contribution in [0.3, 0.4) is 0 Å².